The van der Waals surface area contributed by atoms with Crippen molar-refractivity contribution in [2.45, 2.75) is 13.0 Å². The summed E-state index contributed by atoms with van der Waals surface area (Å²) in [6.07, 6.45) is 2.04. The lowest BCUT2D eigenvalue weighted by Gasteiger charge is -2.38. The quantitative estimate of drug-likeness (QED) is 0.490. The fourth-order valence-electron chi connectivity index (χ4n) is 3.58. The van der Waals surface area contributed by atoms with Crippen molar-refractivity contribution in [3.63, 3.8) is 0 Å². The predicted octanol–water partition coefficient (Wildman–Crippen LogP) is 6.44. The molecule has 0 aromatic heterocycles. The zero-order valence-corrected chi connectivity index (χ0v) is 16.2. The molecule has 0 bridgehead atoms. The van der Waals surface area contributed by atoms with Gasteiger partial charge in [0.05, 0.1) is 21.8 Å². The molecule has 1 aliphatic rings. The first-order chi connectivity index (χ1) is 13.1. The Morgan fingerprint density at radius 3 is 2.30 bits per heavy atom. The number of benzene rings is 3. The van der Waals surface area contributed by atoms with Crippen LogP contribution in [0.5, 0.6) is 0 Å². The lowest BCUT2D eigenvalue weighted by atomic mass is 9.87. The first-order valence-electron chi connectivity index (χ1n) is 8.67. The van der Waals surface area contributed by atoms with Crippen molar-refractivity contribution >= 4 is 40.9 Å². The highest BCUT2D eigenvalue weighted by Gasteiger charge is 2.33. The summed E-state index contributed by atoms with van der Waals surface area (Å²) in [6, 6.07) is 23.5. The number of amides is 1. The van der Waals surface area contributed by atoms with Crippen molar-refractivity contribution in [3.8, 4) is 0 Å². The van der Waals surface area contributed by atoms with Crippen molar-refractivity contribution in [3.05, 3.63) is 105 Å². The van der Waals surface area contributed by atoms with Gasteiger partial charge in [-0.3, -0.25) is 4.79 Å². The van der Waals surface area contributed by atoms with Crippen LogP contribution in [0.3, 0.4) is 0 Å². The third-order valence-corrected chi connectivity index (χ3v) is 5.51. The van der Waals surface area contributed by atoms with Crippen LogP contribution in [0.2, 0.25) is 10.0 Å². The van der Waals surface area contributed by atoms with Gasteiger partial charge < -0.3 is 4.90 Å². The maximum atomic E-state index is 12.8. The number of carbonyl (C=O) groups excluding carboxylic acids is 1. The van der Waals surface area contributed by atoms with Crippen molar-refractivity contribution in [2.24, 2.45) is 0 Å². The van der Waals surface area contributed by atoms with Gasteiger partial charge in [-0.15, -0.1) is 0 Å². The second kappa shape index (κ2) is 7.22. The normalized spacial score (nSPS) is 15.9. The van der Waals surface area contributed by atoms with E-state index in [0.29, 0.717) is 10.0 Å². The molecule has 27 heavy (non-hydrogen) atoms. The molecule has 0 N–H and O–H groups in total. The lowest BCUT2D eigenvalue weighted by Crippen LogP contribution is -2.34. The molecule has 0 fully saturated rings. The molecule has 0 saturated heterocycles. The number of rotatable bonds is 2. The van der Waals surface area contributed by atoms with Crippen molar-refractivity contribution in [2.75, 3.05) is 0 Å². The summed E-state index contributed by atoms with van der Waals surface area (Å²) in [6.45, 7) is 1.59. The third kappa shape index (κ3) is 3.27. The van der Waals surface area contributed by atoms with Gasteiger partial charge in [0.25, 0.3) is 0 Å². The zero-order chi connectivity index (χ0) is 19.0. The van der Waals surface area contributed by atoms with Crippen LogP contribution in [-0.2, 0) is 4.79 Å². The molecule has 3 aromatic rings. The molecular formula is C23H17Cl2NO. The van der Waals surface area contributed by atoms with Crippen LogP contribution in [-0.4, -0.2) is 10.8 Å². The van der Waals surface area contributed by atoms with E-state index in [9.17, 15) is 4.79 Å². The monoisotopic (exact) mass is 393 g/mol. The van der Waals surface area contributed by atoms with Gasteiger partial charge in [0.1, 0.15) is 0 Å². The van der Waals surface area contributed by atoms with Crippen LogP contribution < -0.4 is 0 Å². The highest BCUT2D eigenvalue weighted by atomic mass is 35.5. The maximum Gasteiger partial charge on any atom is 0.224 e. The van der Waals surface area contributed by atoms with E-state index in [0.717, 1.165) is 28.0 Å². The van der Waals surface area contributed by atoms with E-state index in [1.165, 1.54) is 0 Å². The van der Waals surface area contributed by atoms with E-state index in [1.807, 2.05) is 53.4 Å². The van der Waals surface area contributed by atoms with Crippen molar-refractivity contribution in [1.29, 1.82) is 0 Å². The summed E-state index contributed by atoms with van der Waals surface area (Å²) in [5.41, 5.74) is 4.92. The summed E-state index contributed by atoms with van der Waals surface area (Å²) >= 11 is 12.3. The van der Waals surface area contributed by atoms with Gasteiger partial charge in [-0.25, -0.2) is 0 Å². The minimum Gasteiger partial charge on any atom is -0.300 e. The third-order valence-electron chi connectivity index (χ3n) is 4.77. The minimum atomic E-state index is -0.200. The van der Waals surface area contributed by atoms with Gasteiger partial charge >= 0.3 is 0 Å². The van der Waals surface area contributed by atoms with Gasteiger partial charge in [0, 0.05) is 6.92 Å². The highest BCUT2D eigenvalue weighted by Crippen LogP contribution is 2.42. The Labute approximate surface area is 168 Å². The molecule has 4 heteroatoms. The largest absolute Gasteiger partial charge is 0.300 e. The van der Waals surface area contributed by atoms with Crippen LogP contribution in [0.4, 0.5) is 0 Å². The summed E-state index contributed by atoms with van der Waals surface area (Å²) < 4.78 is 0. The molecule has 1 atom stereocenters. The zero-order valence-electron chi connectivity index (χ0n) is 14.7. The fraction of sp³-hybridized carbons (Fsp3) is 0.0870. The number of halogens is 2. The topological polar surface area (TPSA) is 20.3 Å². The number of carbonyl (C=O) groups is 1. The summed E-state index contributed by atoms with van der Waals surface area (Å²) in [4.78, 5) is 14.6. The highest BCUT2D eigenvalue weighted by molar-refractivity contribution is 6.42. The van der Waals surface area contributed by atoms with Crippen LogP contribution in [0, 0.1) is 0 Å². The van der Waals surface area contributed by atoms with Crippen molar-refractivity contribution < 1.29 is 4.79 Å². The van der Waals surface area contributed by atoms with Crippen LogP contribution in [0.25, 0.3) is 11.8 Å². The van der Waals surface area contributed by atoms with E-state index in [1.54, 1.807) is 13.0 Å². The molecule has 2 nitrogen and oxygen atoms in total. The maximum absolute atomic E-state index is 12.8. The Kier molecular flexibility index (Phi) is 4.77. The molecule has 1 aliphatic heterocycles. The molecule has 0 radical (unpaired) electrons. The summed E-state index contributed by atoms with van der Waals surface area (Å²) in [5.74, 6) is -0.0318. The molecule has 1 unspecified atom stereocenters. The molecular weight excluding hydrogens is 377 g/mol. The first-order valence-corrected chi connectivity index (χ1v) is 9.42. The van der Waals surface area contributed by atoms with E-state index in [4.69, 9.17) is 23.2 Å². The predicted molar refractivity (Wildman–Crippen MR) is 112 cm³/mol. The minimum absolute atomic E-state index is 0.0318. The van der Waals surface area contributed by atoms with Crippen LogP contribution in [0.15, 0.2) is 72.8 Å². The van der Waals surface area contributed by atoms with E-state index < -0.39 is 0 Å². The van der Waals surface area contributed by atoms with Gasteiger partial charge in [-0.1, -0.05) is 83.9 Å². The average molecular weight is 394 g/mol. The smallest absolute Gasteiger partial charge is 0.224 e. The summed E-state index contributed by atoms with van der Waals surface area (Å²) in [7, 11) is 0. The molecule has 0 aliphatic carbocycles. The first kappa shape index (κ1) is 17.8. The number of hydrogen-bond donors (Lipinski definition) is 0. The van der Waals surface area contributed by atoms with Crippen molar-refractivity contribution in [1.82, 2.24) is 4.90 Å². The molecule has 3 aromatic carbocycles. The van der Waals surface area contributed by atoms with Gasteiger partial charge in [-0.05, 0) is 40.5 Å². The van der Waals surface area contributed by atoms with Gasteiger partial charge in [-0.2, -0.15) is 0 Å². The van der Waals surface area contributed by atoms with E-state index in [-0.39, 0.29) is 11.9 Å². The number of fused-ring (bicyclic) bond motifs is 1. The van der Waals surface area contributed by atoms with E-state index in [2.05, 4.69) is 24.3 Å². The Balaban J connectivity index is 1.96. The molecule has 1 heterocycles. The molecule has 4 rings (SSSR count). The SMILES string of the molecule is CC(=O)N1C(c2ccc(Cl)c(Cl)c2)=Cc2ccccc2C1c1ccccc1. The Morgan fingerprint density at radius 1 is 0.889 bits per heavy atom. The standard InChI is InChI=1S/C23H17Cl2NO/c1-15(27)26-22(18-11-12-20(24)21(25)13-18)14-17-9-5-6-10-19(17)23(26)16-7-3-2-4-8-16/h2-14,23H,1H3. The molecule has 0 spiro atoms. The van der Waals surface area contributed by atoms with Gasteiger partial charge in [0.2, 0.25) is 5.91 Å². The molecule has 1 amide bonds. The second-order valence-corrected chi connectivity index (χ2v) is 7.30. The lowest BCUT2D eigenvalue weighted by molar-refractivity contribution is -0.126. The fourth-order valence-corrected chi connectivity index (χ4v) is 3.88. The second-order valence-electron chi connectivity index (χ2n) is 6.49. The van der Waals surface area contributed by atoms with Gasteiger partial charge in [0.15, 0.2) is 0 Å². The average Bonchev–Trinajstić information content (AvgIpc) is 2.69. The number of nitrogens with zero attached hydrogens (tertiary/aromatic N) is 1. The Hall–Kier alpha value is -2.55. The Bertz CT molecular complexity index is 1040. The van der Waals surface area contributed by atoms with E-state index >= 15 is 0 Å². The summed E-state index contributed by atoms with van der Waals surface area (Å²) in [5, 5.41) is 0.958. The van der Waals surface area contributed by atoms with Crippen LogP contribution in [0.1, 0.15) is 35.2 Å². The van der Waals surface area contributed by atoms with Crippen LogP contribution >= 0.6 is 23.2 Å². The number of hydrogen-bond acceptors (Lipinski definition) is 1. The molecule has 134 valence electrons. The molecule has 0 saturated carbocycles. The Morgan fingerprint density at radius 2 is 1.59 bits per heavy atom.